The quantitative estimate of drug-likeness (QED) is 0.842. The topological polar surface area (TPSA) is 35.2 Å². The van der Waals surface area contributed by atoms with Crippen molar-refractivity contribution in [3.63, 3.8) is 0 Å². The molecule has 2 nitrogen and oxygen atoms in total. The Bertz CT molecular complexity index is 345. The summed E-state index contributed by atoms with van der Waals surface area (Å²) in [7, 11) is 0. The molecule has 0 aliphatic heterocycles. The van der Waals surface area contributed by atoms with E-state index in [0.717, 1.165) is 18.8 Å². The molecule has 1 aromatic carbocycles. The molecule has 0 radical (unpaired) electrons. The molecular weight excluding hydrogens is 210 g/mol. The lowest BCUT2D eigenvalue weighted by atomic mass is 9.92. The highest BCUT2D eigenvalue weighted by molar-refractivity contribution is 5.30. The lowest BCUT2D eigenvalue weighted by Crippen LogP contribution is -2.19. The summed E-state index contributed by atoms with van der Waals surface area (Å²) >= 11 is 0. The monoisotopic (exact) mass is 233 g/mol. The number of rotatable bonds is 5. The molecule has 1 atom stereocenters. The van der Waals surface area contributed by atoms with Crippen molar-refractivity contribution >= 4 is 0 Å². The van der Waals surface area contributed by atoms with Gasteiger partial charge in [-0.25, -0.2) is 0 Å². The van der Waals surface area contributed by atoms with Crippen molar-refractivity contribution < 1.29 is 4.74 Å². The first-order chi connectivity index (χ1) is 8.31. The van der Waals surface area contributed by atoms with Crippen LogP contribution in [0.3, 0.4) is 0 Å². The third kappa shape index (κ3) is 3.22. The number of hydrogen-bond donors (Lipinski definition) is 1. The Morgan fingerprint density at radius 2 is 2.12 bits per heavy atom. The van der Waals surface area contributed by atoms with E-state index in [1.807, 2.05) is 6.07 Å². The third-order valence-corrected chi connectivity index (χ3v) is 3.62. The molecule has 1 fully saturated rings. The Labute approximate surface area is 104 Å². The zero-order valence-electron chi connectivity index (χ0n) is 10.7. The van der Waals surface area contributed by atoms with Crippen LogP contribution in [0.1, 0.15) is 50.6 Å². The maximum atomic E-state index is 6.34. The minimum atomic E-state index is 0.183. The maximum Gasteiger partial charge on any atom is 0.119 e. The zero-order valence-corrected chi connectivity index (χ0v) is 10.7. The second-order valence-electron chi connectivity index (χ2n) is 4.99. The van der Waals surface area contributed by atoms with Crippen LogP contribution in [0.25, 0.3) is 0 Å². The molecule has 0 heterocycles. The zero-order chi connectivity index (χ0) is 12.1. The molecule has 2 rings (SSSR count). The van der Waals surface area contributed by atoms with Crippen LogP contribution in [0, 0.1) is 5.92 Å². The lowest BCUT2D eigenvalue weighted by Gasteiger charge is -2.19. The molecule has 94 valence electrons. The summed E-state index contributed by atoms with van der Waals surface area (Å²) < 4.78 is 5.65. The number of ether oxygens (including phenoxy) is 1. The molecule has 0 bridgehead atoms. The summed E-state index contributed by atoms with van der Waals surface area (Å²) in [5.74, 6) is 1.62. The molecule has 1 aliphatic carbocycles. The van der Waals surface area contributed by atoms with Gasteiger partial charge in [-0.3, -0.25) is 0 Å². The number of benzene rings is 1. The Balaban J connectivity index is 2.03. The molecule has 17 heavy (non-hydrogen) atoms. The minimum absolute atomic E-state index is 0.183. The Kier molecular flexibility index (Phi) is 4.43. The van der Waals surface area contributed by atoms with E-state index in [0.29, 0.717) is 5.92 Å². The van der Waals surface area contributed by atoms with Crippen LogP contribution in [0.2, 0.25) is 0 Å². The summed E-state index contributed by atoms with van der Waals surface area (Å²) in [6.07, 6.45) is 6.27. The van der Waals surface area contributed by atoms with Crippen molar-refractivity contribution in [1.82, 2.24) is 0 Å². The van der Waals surface area contributed by atoms with Crippen LogP contribution in [-0.4, -0.2) is 6.61 Å². The highest BCUT2D eigenvalue weighted by Crippen LogP contribution is 2.34. The van der Waals surface area contributed by atoms with E-state index in [2.05, 4.69) is 25.1 Å². The first-order valence-corrected chi connectivity index (χ1v) is 6.79. The van der Waals surface area contributed by atoms with E-state index >= 15 is 0 Å². The molecule has 2 heteroatoms. The van der Waals surface area contributed by atoms with Gasteiger partial charge in [0.15, 0.2) is 0 Å². The van der Waals surface area contributed by atoms with E-state index < -0.39 is 0 Å². The van der Waals surface area contributed by atoms with Crippen LogP contribution in [0.4, 0.5) is 0 Å². The van der Waals surface area contributed by atoms with Crippen molar-refractivity contribution in [1.29, 1.82) is 0 Å². The fourth-order valence-corrected chi connectivity index (χ4v) is 2.62. The van der Waals surface area contributed by atoms with Gasteiger partial charge in [-0.1, -0.05) is 31.9 Å². The second kappa shape index (κ2) is 6.06. The highest BCUT2D eigenvalue weighted by Gasteiger charge is 2.23. The number of hydrogen-bond acceptors (Lipinski definition) is 2. The van der Waals surface area contributed by atoms with Gasteiger partial charge in [0.05, 0.1) is 6.61 Å². The van der Waals surface area contributed by atoms with E-state index in [4.69, 9.17) is 10.5 Å². The van der Waals surface area contributed by atoms with Crippen LogP contribution >= 0.6 is 0 Å². The van der Waals surface area contributed by atoms with Gasteiger partial charge in [-0.2, -0.15) is 0 Å². The normalized spacial score (nSPS) is 18.2. The molecule has 0 amide bonds. The number of nitrogens with two attached hydrogens (primary N) is 1. The van der Waals surface area contributed by atoms with Gasteiger partial charge in [-0.15, -0.1) is 0 Å². The molecule has 0 spiro atoms. The smallest absolute Gasteiger partial charge is 0.119 e. The predicted molar refractivity (Wildman–Crippen MR) is 71.1 cm³/mol. The molecule has 1 aromatic rings. The molecule has 0 aromatic heterocycles. The summed E-state index contributed by atoms with van der Waals surface area (Å²) in [5.41, 5.74) is 7.57. The fraction of sp³-hybridized carbons (Fsp3) is 0.600. The van der Waals surface area contributed by atoms with Gasteiger partial charge in [0, 0.05) is 6.04 Å². The van der Waals surface area contributed by atoms with Crippen LogP contribution in [0.15, 0.2) is 24.3 Å². The average Bonchev–Trinajstić information content (AvgIpc) is 2.89. The summed E-state index contributed by atoms with van der Waals surface area (Å²) in [6, 6.07) is 8.48. The molecule has 2 N–H and O–H groups in total. The standard InChI is InChI=1S/C15H23NO/c1-2-10-17-14-9-5-8-13(11-14)15(16)12-6-3-4-7-12/h5,8-9,11-12,15H,2-4,6-7,10,16H2,1H3. The van der Waals surface area contributed by atoms with E-state index in [-0.39, 0.29) is 6.04 Å². The van der Waals surface area contributed by atoms with Crippen molar-refractivity contribution in [2.45, 2.75) is 45.1 Å². The lowest BCUT2D eigenvalue weighted by molar-refractivity contribution is 0.316. The van der Waals surface area contributed by atoms with Crippen molar-refractivity contribution in [2.24, 2.45) is 11.7 Å². The van der Waals surface area contributed by atoms with E-state index in [1.165, 1.54) is 31.2 Å². The summed E-state index contributed by atoms with van der Waals surface area (Å²) in [4.78, 5) is 0. The molecule has 1 unspecified atom stereocenters. The second-order valence-corrected chi connectivity index (χ2v) is 4.99. The van der Waals surface area contributed by atoms with Crippen LogP contribution in [-0.2, 0) is 0 Å². The van der Waals surface area contributed by atoms with Gasteiger partial charge < -0.3 is 10.5 Å². The maximum absolute atomic E-state index is 6.34. The van der Waals surface area contributed by atoms with E-state index in [1.54, 1.807) is 0 Å². The SMILES string of the molecule is CCCOc1cccc(C(N)C2CCCC2)c1. The molecular formula is C15H23NO. The van der Waals surface area contributed by atoms with Gasteiger partial charge in [0.25, 0.3) is 0 Å². The summed E-state index contributed by atoms with van der Waals surface area (Å²) in [5, 5.41) is 0. The Hall–Kier alpha value is -1.02. The largest absolute Gasteiger partial charge is 0.494 e. The van der Waals surface area contributed by atoms with Crippen LogP contribution in [0.5, 0.6) is 5.75 Å². The highest BCUT2D eigenvalue weighted by atomic mass is 16.5. The molecule has 1 aliphatic rings. The van der Waals surface area contributed by atoms with Crippen molar-refractivity contribution in [3.05, 3.63) is 29.8 Å². The Morgan fingerprint density at radius 3 is 2.82 bits per heavy atom. The predicted octanol–water partition coefficient (Wildman–Crippen LogP) is 3.67. The molecule has 1 saturated carbocycles. The fourth-order valence-electron chi connectivity index (χ4n) is 2.62. The van der Waals surface area contributed by atoms with Gasteiger partial charge in [0.2, 0.25) is 0 Å². The van der Waals surface area contributed by atoms with Gasteiger partial charge >= 0.3 is 0 Å². The third-order valence-electron chi connectivity index (χ3n) is 3.62. The van der Waals surface area contributed by atoms with Crippen LogP contribution < -0.4 is 10.5 Å². The molecule has 0 saturated heterocycles. The summed E-state index contributed by atoms with van der Waals surface area (Å²) in [6.45, 7) is 2.90. The van der Waals surface area contributed by atoms with Crippen molar-refractivity contribution in [2.75, 3.05) is 6.61 Å². The Morgan fingerprint density at radius 1 is 1.35 bits per heavy atom. The van der Waals surface area contributed by atoms with Gasteiger partial charge in [0.1, 0.15) is 5.75 Å². The first kappa shape index (κ1) is 12.4. The van der Waals surface area contributed by atoms with Crippen molar-refractivity contribution in [3.8, 4) is 5.75 Å². The first-order valence-electron chi connectivity index (χ1n) is 6.79. The van der Waals surface area contributed by atoms with E-state index in [9.17, 15) is 0 Å². The van der Waals surface area contributed by atoms with Gasteiger partial charge in [-0.05, 0) is 42.9 Å². The average molecular weight is 233 g/mol. The minimum Gasteiger partial charge on any atom is -0.494 e.